The van der Waals surface area contributed by atoms with E-state index in [0.717, 1.165) is 20.8 Å². The predicted octanol–water partition coefficient (Wildman–Crippen LogP) is 4.64. The second kappa shape index (κ2) is 8.06. The van der Waals surface area contributed by atoms with Gasteiger partial charge in [-0.2, -0.15) is 0 Å². The molecule has 0 fully saturated rings. The van der Waals surface area contributed by atoms with Crippen LogP contribution in [0.1, 0.15) is 43.3 Å². The van der Waals surface area contributed by atoms with Gasteiger partial charge in [-0.05, 0) is 38.5 Å². The van der Waals surface area contributed by atoms with Crippen molar-refractivity contribution in [3.63, 3.8) is 0 Å². The van der Waals surface area contributed by atoms with Gasteiger partial charge in [-0.1, -0.05) is 42.5 Å². The highest BCUT2D eigenvalue weighted by Crippen LogP contribution is 2.35. The van der Waals surface area contributed by atoms with Crippen LogP contribution in [-0.2, 0) is 4.74 Å². The van der Waals surface area contributed by atoms with Crippen LogP contribution in [0.2, 0.25) is 0 Å². The molecule has 1 amide bonds. The monoisotopic (exact) mass is 384 g/mol. The number of nitrogens with zero attached hydrogens (tertiary/aromatic N) is 1. The number of aliphatic hydroxyl groups excluding tert-OH is 1. The van der Waals surface area contributed by atoms with Crippen molar-refractivity contribution < 1.29 is 14.6 Å². The average molecular weight is 385 g/mol. The second-order valence-corrected chi connectivity index (χ2v) is 8.41. The molecule has 2 atom stereocenters. The number of benzene rings is 2. The number of rotatable bonds is 5. The summed E-state index contributed by atoms with van der Waals surface area (Å²) >= 11 is 1.53. The summed E-state index contributed by atoms with van der Waals surface area (Å²) in [6.45, 7) is 5.32. The van der Waals surface area contributed by atoms with Gasteiger partial charge in [0.15, 0.2) is 0 Å². The van der Waals surface area contributed by atoms with E-state index in [1.807, 2.05) is 75.4 Å². The van der Waals surface area contributed by atoms with E-state index in [0.29, 0.717) is 0 Å². The number of ether oxygens (including phenoxy) is 1. The summed E-state index contributed by atoms with van der Waals surface area (Å²) in [6, 6.07) is 17.0. The van der Waals surface area contributed by atoms with Gasteiger partial charge in [0, 0.05) is 0 Å². The molecule has 0 aliphatic rings. The van der Waals surface area contributed by atoms with E-state index in [-0.39, 0.29) is 12.5 Å². The van der Waals surface area contributed by atoms with Gasteiger partial charge in [0.1, 0.15) is 10.6 Å². The first-order valence-electron chi connectivity index (χ1n) is 8.88. The zero-order chi connectivity index (χ0) is 19.4. The number of amides is 1. The highest BCUT2D eigenvalue weighted by atomic mass is 32.1. The molecular formula is C21H24N2O3S. The van der Waals surface area contributed by atoms with E-state index in [9.17, 15) is 9.90 Å². The number of alkyl carbamates (subject to hydrolysis) is 1. The number of aliphatic hydroxyl groups is 1. The van der Waals surface area contributed by atoms with Gasteiger partial charge >= 0.3 is 6.09 Å². The third kappa shape index (κ3) is 4.84. The van der Waals surface area contributed by atoms with Gasteiger partial charge in [-0.25, -0.2) is 9.78 Å². The highest BCUT2D eigenvalue weighted by Gasteiger charge is 2.30. The van der Waals surface area contributed by atoms with E-state index in [1.54, 1.807) is 0 Å². The quantitative estimate of drug-likeness (QED) is 0.672. The van der Waals surface area contributed by atoms with Crippen LogP contribution >= 0.6 is 11.3 Å². The number of carbonyl (C=O) groups is 1. The Morgan fingerprint density at radius 1 is 1.15 bits per heavy atom. The maximum absolute atomic E-state index is 12.4. The predicted molar refractivity (Wildman–Crippen MR) is 108 cm³/mol. The van der Waals surface area contributed by atoms with Crippen LogP contribution in [0.3, 0.4) is 0 Å². The largest absolute Gasteiger partial charge is 0.444 e. The van der Waals surface area contributed by atoms with E-state index in [1.165, 1.54) is 11.3 Å². The summed E-state index contributed by atoms with van der Waals surface area (Å²) in [7, 11) is 0. The number of hydrogen-bond acceptors (Lipinski definition) is 5. The number of hydrogen-bond donors (Lipinski definition) is 2. The third-order valence-electron chi connectivity index (χ3n) is 4.06. The van der Waals surface area contributed by atoms with Crippen molar-refractivity contribution in [2.75, 3.05) is 6.61 Å². The molecule has 3 rings (SSSR count). The summed E-state index contributed by atoms with van der Waals surface area (Å²) in [5.74, 6) is -0.377. The Hall–Kier alpha value is -2.44. The van der Waals surface area contributed by atoms with Gasteiger partial charge in [-0.3, -0.25) is 0 Å². The maximum atomic E-state index is 12.4. The molecule has 0 radical (unpaired) electrons. The lowest BCUT2D eigenvalue weighted by Gasteiger charge is -2.28. The van der Waals surface area contributed by atoms with Gasteiger partial charge in [0.2, 0.25) is 0 Å². The molecule has 0 aliphatic carbocycles. The second-order valence-electron chi connectivity index (χ2n) is 7.34. The minimum Gasteiger partial charge on any atom is -0.444 e. The van der Waals surface area contributed by atoms with Crippen LogP contribution in [0.4, 0.5) is 4.79 Å². The molecule has 0 saturated heterocycles. The zero-order valence-corrected chi connectivity index (χ0v) is 16.5. The molecule has 2 unspecified atom stereocenters. The summed E-state index contributed by atoms with van der Waals surface area (Å²) < 4.78 is 6.48. The summed E-state index contributed by atoms with van der Waals surface area (Å²) in [5.41, 5.74) is 1.18. The summed E-state index contributed by atoms with van der Waals surface area (Å²) in [5, 5.41) is 13.9. The highest BCUT2D eigenvalue weighted by molar-refractivity contribution is 7.18. The molecular weight excluding hydrogens is 360 g/mol. The van der Waals surface area contributed by atoms with E-state index in [2.05, 4.69) is 10.3 Å². The molecule has 6 heteroatoms. The number of fused-ring (bicyclic) bond motifs is 1. The number of thiazole rings is 1. The summed E-state index contributed by atoms with van der Waals surface area (Å²) in [4.78, 5) is 17.1. The zero-order valence-electron chi connectivity index (χ0n) is 15.7. The standard InChI is InChI=1S/C21H24N2O3S/c1-21(2,3)26-20(25)23-18(14-9-5-4-6-10-14)15(13-24)19-22-16-11-7-8-12-17(16)27-19/h4-12,15,18,24H,13H2,1-3H3,(H,23,25). The first-order chi connectivity index (χ1) is 12.9. The van der Waals surface area contributed by atoms with Gasteiger partial charge in [-0.15, -0.1) is 11.3 Å². The Bertz CT molecular complexity index is 869. The van der Waals surface area contributed by atoms with Gasteiger partial charge in [0.05, 0.1) is 28.8 Å². The molecule has 0 spiro atoms. The van der Waals surface area contributed by atoms with E-state index < -0.39 is 17.7 Å². The number of nitrogens with one attached hydrogen (secondary N) is 1. The van der Waals surface area contributed by atoms with Crippen molar-refractivity contribution >= 4 is 27.6 Å². The van der Waals surface area contributed by atoms with Crippen molar-refractivity contribution in [1.82, 2.24) is 10.3 Å². The van der Waals surface area contributed by atoms with Gasteiger partial charge in [0.25, 0.3) is 0 Å². The Morgan fingerprint density at radius 3 is 2.44 bits per heavy atom. The number of aromatic nitrogens is 1. The minimum atomic E-state index is -0.601. The fourth-order valence-electron chi connectivity index (χ4n) is 2.89. The first-order valence-corrected chi connectivity index (χ1v) is 9.70. The molecule has 0 aliphatic heterocycles. The fourth-order valence-corrected chi connectivity index (χ4v) is 3.98. The molecule has 1 heterocycles. The maximum Gasteiger partial charge on any atom is 0.408 e. The van der Waals surface area contributed by atoms with Gasteiger partial charge < -0.3 is 15.2 Å². The van der Waals surface area contributed by atoms with Crippen LogP contribution < -0.4 is 5.32 Å². The Balaban J connectivity index is 1.95. The van der Waals surface area contributed by atoms with Crippen LogP contribution in [0.25, 0.3) is 10.2 Å². The molecule has 142 valence electrons. The Morgan fingerprint density at radius 2 is 1.81 bits per heavy atom. The van der Waals surface area contributed by atoms with Crippen molar-refractivity contribution in [1.29, 1.82) is 0 Å². The lowest BCUT2D eigenvalue weighted by molar-refractivity contribution is 0.0487. The van der Waals surface area contributed by atoms with Crippen molar-refractivity contribution in [2.45, 2.75) is 38.3 Å². The topological polar surface area (TPSA) is 71.5 Å². The molecule has 3 aromatic rings. The Kier molecular flexibility index (Phi) is 5.77. The average Bonchev–Trinajstić information content (AvgIpc) is 3.04. The normalized spacial score (nSPS) is 13.9. The van der Waals surface area contributed by atoms with Crippen molar-refractivity contribution in [2.24, 2.45) is 0 Å². The van der Waals surface area contributed by atoms with Crippen molar-refractivity contribution in [3.05, 3.63) is 65.2 Å². The smallest absolute Gasteiger partial charge is 0.408 e. The van der Waals surface area contributed by atoms with E-state index in [4.69, 9.17) is 4.74 Å². The fraction of sp³-hybridized carbons (Fsp3) is 0.333. The molecule has 2 aromatic carbocycles. The number of para-hydroxylation sites is 1. The summed E-state index contributed by atoms with van der Waals surface area (Å²) in [6.07, 6.45) is -0.518. The van der Waals surface area contributed by atoms with Crippen LogP contribution in [-0.4, -0.2) is 28.4 Å². The first kappa shape index (κ1) is 19.3. The van der Waals surface area contributed by atoms with Crippen LogP contribution in [0.5, 0.6) is 0 Å². The molecule has 27 heavy (non-hydrogen) atoms. The molecule has 1 aromatic heterocycles. The SMILES string of the molecule is CC(C)(C)OC(=O)NC(c1ccccc1)C(CO)c1nc2ccccc2s1. The van der Waals surface area contributed by atoms with Crippen LogP contribution in [0, 0.1) is 0 Å². The van der Waals surface area contributed by atoms with Crippen LogP contribution in [0.15, 0.2) is 54.6 Å². The Labute approximate surface area is 163 Å². The minimum absolute atomic E-state index is 0.144. The lowest BCUT2D eigenvalue weighted by atomic mass is 9.94. The van der Waals surface area contributed by atoms with Crippen molar-refractivity contribution in [3.8, 4) is 0 Å². The molecule has 2 N–H and O–H groups in total. The third-order valence-corrected chi connectivity index (χ3v) is 5.23. The molecule has 0 bridgehead atoms. The lowest BCUT2D eigenvalue weighted by Crippen LogP contribution is -2.38. The number of carbonyl (C=O) groups excluding carboxylic acids is 1. The van der Waals surface area contributed by atoms with E-state index >= 15 is 0 Å². The molecule has 5 nitrogen and oxygen atoms in total. The molecule has 0 saturated carbocycles.